The number of benzene rings is 2. The van der Waals surface area contributed by atoms with Crippen LogP contribution < -0.4 is 5.32 Å². The number of aromatic nitrogens is 1. The minimum Gasteiger partial charge on any atom is -0.355 e. The molecule has 0 atom stereocenters. The van der Waals surface area contributed by atoms with Gasteiger partial charge < -0.3 is 5.32 Å². The Balaban J connectivity index is 1.49. The van der Waals surface area contributed by atoms with E-state index >= 15 is 0 Å². The molecule has 3 nitrogen and oxygen atoms in total. The van der Waals surface area contributed by atoms with Crippen LogP contribution in [-0.2, 0) is 11.2 Å². The summed E-state index contributed by atoms with van der Waals surface area (Å²) in [5, 5.41) is 4.76. The second-order valence-electron chi connectivity index (χ2n) is 5.34. The smallest absolute Gasteiger partial charge is 0.230 e. The maximum Gasteiger partial charge on any atom is 0.230 e. The third-order valence-electron chi connectivity index (χ3n) is 3.62. The van der Waals surface area contributed by atoms with Crippen LogP contribution in [0.2, 0.25) is 5.02 Å². The van der Waals surface area contributed by atoms with Crippen LogP contribution in [0.1, 0.15) is 5.56 Å². The maximum absolute atomic E-state index is 12.0. The van der Waals surface area contributed by atoms with E-state index in [-0.39, 0.29) is 5.91 Å². The van der Waals surface area contributed by atoms with Crippen LogP contribution in [0.4, 0.5) is 0 Å². The highest BCUT2D eigenvalue weighted by Gasteiger charge is 2.06. The van der Waals surface area contributed by atoms with Crippen molar-refractivity contribution in [3.63, 3.8) is 0 Å². The third-order valence-corrected chi connectivity index (χ3v) is 4.94. The van der Waals surface area contributed by atoms with E-state index in [0.29, 0.717) is 12.3 Å². The lowest BCUT2D eigenvalue weighted by molar-refractivity contribution is -0.118. The highest BCUT2D eigenvalue weighted by Crippen LogP contribution is 2.26. The van der Waals surface area contributed by atoms with Crippen LogP contribution >= 0.6 is 23.4 Å². The summed E-state index contributed by atoms with van der Waals surface area (Å²) in [4.78, 5) is 17.4. The molecule has 0 aliphatic rings. The van der Waals surface area contributed by atoms with Crippen molar-refractivity contribution in [2.24, 2.45) is 0 Å². The molecule has 0 bridgehead atoms. The quantitative estimate of drug-likeness (QED) is 0.668. The molecule has 1 N–H and O–H groups in total. The van der Waals surface area contributed by atoms with Gasteiger partial charge in [-0.05, 0) is 36.2 Å². The van der Waals surface area contributed by atoms with E-state index in [4.69, 9.17) is 11.6 Å². The van der Waals surface area contributed by atoms with Crippen LogP contribution in [-0.4, -0.2) is 23.2 Å². The largest absolute Gasteiger partial charge is 0.355 e. The number of nitrogens with one attached hydrogen (secondary N) is 1. The van der Waals surface area contributed by atoms with E-state index in [9.17, 15) is 4.79 Å². The van der Waals surface area contributed by atoms with Gasteiger partial charge in [0.1, 0.15) is 0 Å². The van der Waals surface area contributed by atoms with Gasteiger partial charge in [0.05, 0.1) is 11.3 Å². The molecule has 1 amide bonds. The van der Waals surface area contributed by atoms with Gasteiger partial charge in [0.15, 0.2) is 0 Å². The first kappa shape index (κ1) is 16.8. The molecule has 2 aromatic carbocycles. The Labute approximate surface area is 150 Å². The topological polar surface area (TPSA) is 42.0 Å². The third kappa shape index (κ3) is 4.49. The van der Waals surface area contributed by atoms with Crippen molar-refractivity contribution in [1.82, 2.24) is 10.3 Å². The summed E-state index contributed by atoms with van der Waals surface area (Å²) in [6.07, 6.45) is 2.58. The Morgan fingerprint density at radius 1 is 1.08 bits per heavy atom. The molecule has 0 unspecified atom stereocenters. The minimum absolute atomic E-state index is 0.0369. The number of halogens is 1. The Kier molecular flexibility index (Phi) is 5.72. The molecule has 0 fully saturated rings. The second kappa shape index (κ2) is 8.18. The van der Waals surface area contributed by atoms with E-state index in [2.05, 4.69) is 10.3 Å². The molecular formula is C19H17ClN2OS. The van der Waals surface area contributed by atoms with E-state index in [0.717, 1.165) is 32.8 Å². The normalized spacial score (nSPS) is 10.7. The molecule has 24 heavy (non-hydrogen) atoms. The average Bonchev–Trinajstić information content (AvgIpc) is 2.61. The summed E-state index contributed by atoms with van der Waals surface area (Å²) < 4.78 is 0. The lowest BCUT2D eigenvalue weighted by Crippen LogP contribution is -2.27. The molecule has 3 rings (SSSR count). The number of para-hydroxylation sites is 1. The van der Waals surface area contributed by atoms with Crippen molar-refractivity contribution in [3.8, 4) is 0 Å². The molecule has 1 heterocycles. The van der Waals surface area contributed by atoms with Gasteiger partial charge in [-0.1, -0.05) is 41.9 Å². The molecule has 0 spiro atoms. The Hall–Kier alpha value is -2.04. The number of carbonyl (C=O) groups excluding carboxylic acids is 1. The average molecular weight is 357 g/mol. The molecule has 0 aliphatic heterocycles. The fraction of sp³-hybridized carbons (Fsp3) is 0.158. The standard InChI is InChI=1S/C19H17ClN2OS/c20-15-7-5-14(6-8-15)9-11-22-19(23)13-24-18-10-12-21-17-4-2-1-3-16(17)18/h1-8,10,12H,9,11,13H2,(H,22,23). The maximum atomic E-state index is 12.0. The predicted molar refractivity (Wildman–Crippen MR) is 101 cm³/mol. The number of hydrogen-bond donors (Lipinski definition) is 1. The van der Waals surface area contributed by atoms with Crippen molar-refractivity contribution >= 4 is 40.2 Å². The number of thioether (sulfide) groups is 1. The van der Waals surface area contributed by atoms with Crippen LogP contribution in [0.15, 0.2) is 65.7 Å². The van der Waals surface area contributed by atoms with Gasteiger partial charge in [-0.15, -0.1) is 11.8 Å². The number of hydrogen-bond acceptors (Lipinski definition) is 3. The molecule has 5 heteroatoms. The summed E-state index contributed by atoms with van der Waals surface area (Å²) in [6.45, 7) is 0.623. The zero-order valence-electron chi connectivity index (χ0n) is 13.0. The number of nitrogens with zero attached hydrogens (tertiary/aromatic N) is 1. The van der Waals surface area contributed by atoms with Gasteiger partial charge in [0, 0.05) is 28.0 Å². The van der Waals surface area contributed by atoms with Gasteiger partial charge in [0.2, 0.25) is 5.91 Å². The van der Waals surface area contributed by atoms with E-state index in [1.54, 1.807) is 6.20 Å². The highest BCUT2D eigenvalue weighted by molar-refractivity contribution is 8.00. The number of pyridine rings is 1. The zero-order valence-corrected chi connectivity index (χ0v) is 14.6. The van der Waals surface area contributed by atoms with Crippen LogP contribution in [0, 0.1) is 0 Å². The predicted octanol–water partition coefficient (Wildman–Crippen LogP) is 4.34. The van der Waals surface area contributed by atoms with Gasteiger partial charge >= 0.3 is 0 Å². The number of fused-ring (bicyclic) bond motifs is 1. The van der Waals surface area contributed by atoms with Gasteiger partial charge in [-0.3, -0.25) is 9.78 Å². The van der Waals surface area contributed by atoms with Gasteiger partial charge in [0.25, 0.3) is 0 Å². The molecule has 122 valence electrons. The SMILES string of the molecule is O=C(CSc1ccnc2ccccc12)NCCc1ccc(Cl)cc1. The van der Waals surface area contributed by atoms with Crippen molar-refractivity contribution in [2.45, 2.75) is 11.3 Å². The number of carbonyl (C=O) groups is 1. The first-order chi connectivity index (χ1) is 11.7. The Bertz CT molecular complexity index is 831. The molecule has 3 aromatic rings. The summed E-state index contributed by atoms with van der Waals surface area (Å²) in [7, 11) is 0. The van der Waals surface area contributed by atoms with E-state index in [1.807, 2.05) is 54.6 Å². The van der Waals surface area contributed by atoms with Gasteiger partial charge in [-0.25, -0.2) is 0 Å². The Morgan fingerprint density at radius 3 is 2.71 bits per heavy atom. The molecule has 0 radical (unpaired) electrons. The summed E-state index contributed by atoms with van der Waals surface area (Å²) >= 11 is 7.40. The fourth-order valence-corrected chi connectivity index (χ4v) is 3.39. The minimum atomic E-state index is 0.0369. The molecule has 0 saturated heterocycles. The summed E-state index contributed by atoms with van der Waals surface area (Å²) in [6, 6.07) is 17.6. The highest BCUT2D eigenvalue weighted by atomic mass is 35.5. The second-order valence-corrected chi connectivity index (χ2v) is 6.79. The van der Waals surface area contributed by atoms with Crippen LogP contribution in [0.5, 0.6) is 0 Å². The van der Waals surface area contributed by atoms with E-state index in [1.165, 1.54) is 11.8 Å². The first-order valence-corrected chi connectivity index (χ1v) is 9.06. The first-order valence-electron chi connectivity index (χ1n) is 7.70. The van der Waals surface area contributed by atoms with Crippen LogP contribution in [0.25, 0.3) is 10.9 Å². The van der Waals surface area contributed by atoms with E-state index < -0.39 is 0 Å². The zero-order chi connectivity index (χ0) is 16.8. The monoisotopic (exact) mass is 356 g/mol. The fourth-order valence-electron chi connectivity index (χ4n) is 2.39. The molecule has 0 saturated carbocycles. The lowest BCUT2D eigenvalue weighted by atomic mass is 10.1. The van der Waals surface area contributed by atoms with Crippen molar-refractivity contribution in [2.75, 3.05) is 12.3 Å². The summed E-state index contributed by atoms with van der Waals surface area (Å²) in [5.74, 6) is 0.434. The lowest BCUT2D eigenvalue weighted by Gasteiger charge is -2.07. The number of amides is 1. The number of rotatable bonds is 6. The van der Waals surface area contributed by atoms with Gasteiger partial charge in [-0.2, -0.15) is 0 Å². The summed E-state index contributed by atoms with van der Waals surface area (Å²) in [5.41, 5.74) is 2.11. The van der Waals surface area contributed by atoms with Crippen molar-refractivity contribution in [3.05, 3.63) is 71.4 Å². The molecular weight excluding hydrogens is 340 g/mol. The van der Waals surface area contributed by atoms with Crippen LogP contribution in [0.3, 0.4) is 0 Å². The Morgan fingerprint density at radius 2 is 1.88 bits per heavy atom. The van der Waals surface area contributed by atoms with Crippen molar-refractivity contribution in [1.29, 1.82) is 0 Å². The molecule has 0 aliphatic carbocycles. The molecule has 1 aromatic heterocycles. The van der Waals surface area contributed by atoms with Crippen molar-refractivity contribution < 1.29 is 4.79 Å².